The van der Waals surface area contributed by atoms with Crippen LogP contribution in [0.4, 0.5) is 4.79 Å². The first-order valence-electron chi connectivity index (χ1n) is 7.89. The van der Waals surface area contributed by atoms with E-state index in [2.05, 4.69) is 0 Å². The number of rotatable bonds is 3. The van der Waals surface area contributed by atoms with E-state index in [1.54, 1.807) is 24.3 Å². The third kappa shape index (κ3) is 2.57. The summed E-state index contributed by atoms with van der Waals surface area (Å²) in [6.07, 6.45) is -0.172. The molecule has 0 spiro atoms. The topological polar surface area (TPSA) is 102 Å². The molecule has 1 atom stereocenters. The van der Waals surface area contributed by atoms with Crippen LogP contribution >= 0.6 is 0 Å². The summed E-state index contributed by atoms with van der Waals surface area (Å²) in [5, 5.41) is 0. The van der Waals surface area contributed by atoms with Crippen molar-refractivity contribution in [2.24, 2.45) is 0 Å². The van der Waals surface area contributed by atoms with Gasteiger partial charge in [0.1, 0.15) is 6.54 Å². The van der Waals surface area contributed by atoms with Crippen LogP contribution < -0.4 is 5.76 Å². The maximum Gasteiger partial charge on any atom is 0.420 e. The van der Waals surface area contributed by atoms with Crippen molar-refractivity contribution in [3.05, 3.63) is 34.8 Å². The van der Waals surface area contributed by atoms with Crippen molar-refractivity contribution in [2.75, 3.05) is 19.7 Å². The number of hydrogen-bond donors (Lipinski definition) is 0. The Balaban J connectivity index is 1.49. The lowest BCUT2D eigenvalue weighted by atomic mass is 10.2. The van der Waals surface area contributed by atoms with Gasteiger partial charge in [-0.25, -0.2) is 14.5 Å². The van der Waals surface area contributed by atoms with E-state index in [9.17, 15) is 19.2 Å². The molecule has 2 fully saturated rings. The third-order valence-corrected chi connectivity index (χ3v) is 4.53. The highest BCUT2D eigenvalue weighted by Crippen LogP contribution is 2.21. The predicted octanol–water partition coefficient (Wildman–Crippen LogP) is 0.174. The molecule has 1 aromatic carbocycles. The fraction of sp³-hybridized carbons (Fsp3) is 0.375. The maximum absolute atomic E-state index is 12.5. The minimum atomic E-state index is -0.665. The highest BCUT2D eigenvalue weighted by molar-refractivity contribution is 5.98. The number of hydrogen-bond acceptors (Lipinski definition) is 6. The molecule has 9 nitrogen and oxygen atoms in total. The van der Waals surface area contributed by atoms with Gasteiger partial charge in [0.2, 0.25) is 5.91 Å². The molecule has 130 valence electrons. The Labute approximate surface area is 141 Å². The zero-order chi connectivity index (χ0) is 17.6. The van der Waals surface area contributed by atoms with Gasteiger partial charge in [-0.1, -0.05) is 12.1 Å². The summed E-state index contributed by atoms with van der Waals surface area (Å²) in [6.45, 7) is 0.246. The average molecular weight is 345 g/mol. The molecule has 9 heteroatoms. The SMILES string of the molecule is O=C(Cn1c(=O)oc2ccccc21)N1CC[C@H](N2C(=O)COC2=O)C1. The Hall–Kier alpha value is -3.10. The number of carbonyl (C=O) groups is 3. The van der Waals surface area contributed by atoms with Gasteiger partial charge in [0.25, 0.3) is 5.91 Å². The van der Waals surface area contributed by atoms with E-state index in [0.717, 1.165) is 4.90 Å². The van der Waals surface area contributed by atoms with E-state index in [0.29, 0.717) is 24.1 Å². The van der Waals surface area contributed by atoms with Crippen molar-refractivity contribution >= 4 is 29.0 Å². The minimum Gasteiger partial charge on any atom is -0.439 e. The van der Waals surface area contributed by atoms with E-state index in [4.69, 9.17) is 9.15 Å². The normalized spacial score (nSPS) is 20.6. The van der Waals surface area contributed by atoms with Crippen molar-refractivity contribution in [1.29, 1.82) is 0 Å². The number of fused-ring (bicyclic) bond motifs is 1. The smallest absolute Gasteiger partial charge is 0.420 e. The van der Waals surface area contributed by atoms with Gasteiger partial charge in [0.15, 0.2) is 12.2 Å². The molecule has 2 saturated heterocycles. The van der Waals surface area contributed by atoms with Gasteiger partial charge in [-0.3, -0.25) is 14.2 Å². The lowest BCUT2D eigenvalue weighted by Gasteiger charge is -2.20. The van der Waals surface area contributed by atoms with E-state index < -0.39 is 11.8 Å². The number of likely N-dealkylation sites (tertiary alicyclic amines) is 1. The quantitative estimate of drug-likeness (QED) is 0.786. The molecule has 0 N–H and O–H groups in total. The molecule has 2 aliphatic heterocycles. The number of ether oxygens (including phenoxy) is 1. The molecular formula is C16H15N3O6. The second-order valence-corrected chi connectivity index (χ2v) is 6.02. The van der Waals surface area contributed by atoms with Gasteiger partial charge in [-0.2, -0.15) is 0 Å². The first kappa shape index (κ1) is 15.4. The van der Waals surface area contributed by atoms with Crippen LogP contribution in [0.3, 0.4) is 0 Å². The van der Waals surface area contributed by atoms with Crippen LogP contribution in [-0.2, 0) is 20.9 Å². The number of nitrogens with zero attached hydrogens (tertiary/aromatic N) is 3. The monoisotopic (exact) mass is 345 g/mol. The molecule has 1 aromatic heterocycles. The summed E-state index contributed by atoms with van der Waals surface area (Å²) >= 11 is 0. The molecule has 0 aliphatic carbocycles. The molecule has 0 bridgehead atoms. The molecule has 0 radical (unpaired) electrons. The van der Waals surface area contributed by atoms with Gasteiger partial charge in [0.05, 0.1) is 11.6 Å². The number of imide groups is 1. The molecule has 2 aliphatic rings. The van der Waals surface area contributed by atoms with E-state index in [1.165, 1.54) is 9.47 Å². The van der Waals surface area contributed by atoms with Crippen molar-refractivity contribution in [1.82, 2.24) is 14.4 Å². The third-order valence-electron chi connectivity index (χ3n) is 4.53. The summed E-state index contributed by atoms with van der Waals surface area (Å²) in [4.78, 5) is 50.4. The van der Waals surface area contributed by atoms with Crippen LogP contribution in [-0.4, -0.2) is 58.0 Å². The first-order chi connectivity index (χ1) is 12.0. The van der Waals surface area contributed by atoms with Crippen molar-refractivity contribution < 1.29 is 23.5 Å². The number of oxazole rings is 1. The Morgan fingerprint density at radius 3 is 2.76 bits per heavy atom. The van der Waals surface area contributed by atoms with Gasteiger partial charge >= 0.3 is 11.8 Å². The van der Waals surface area contributed by atoms with Crippen LogP contribution in [0.15, 0.2) is 33.5 Å². The Morgan fingerprint density at radius 1 is 1.20 bits per heavy atom. The van der Waals surface area contributed by atoms with E-state index in [-0.39, 0.29) is 37.6 Å². The Kier molecular flexibility index (Phi) is 3.56. The molecule has 0 saturated carbocycles. The highest BCUT2D eigenvalue weighted by Gasteiger charge is 2.41. The van der Waals surface area contributed by atoms with E-state index >= 15 is 0 Å². The van der Waals surface area contributed by atoms with Crippen LogP contribution in [0, 0.1) is 0 Å². The van der Waals surface area contributed by atoms with Gasteiger partial charge in [-0.15, -0.1) is 0 Å². The first-order valence-corrected chi connectivity index (χ1v) is 7.89. The fourth-order valence-electron chi connectivity index (χ4n) is 3.30. The number of para-hydroxylation sites is 2. The number of amides is 3. The average Bonchev–Trinajstić information content (AvgIpc) is 3.27. The van der Waals surface area contributed by atoms with Crippen molar-refractivity contribution in [3.8, 4) is 0 Å². The summed E-state index contributed by atoms with van der Waals surface area (Å²) in [5.41, 5.74) is 0.972. The highest BCUT2D eigenvalue weighted by atomic mass is 16.6. The number of benzene rings is 1. The lowest BCUT2D eigenvalue weighted by molar-refractivity contribution is -0.132. The van der Waals surface area contributed by atoms with Crippen molar-refractivity contribution in [3.63, 3.8) is 0 Å². The number of cyclic esters (lactones) is 1. The largest absolute Gasteiger partial charge is 0.439 e. The minimum absolute atomic E-state index is 0.152. The molecule has 25 heavy (non-hydrogen) atoms. The molecule has 0 unspecified atom stereocenters. The van der Waals surface area contributed by atoms with Gasteiger partial charge in [-0.05, 0) is 18.6 Å². The Morgan fingerprint density at radius 2 is 2.00 bits per heavy atom. The second kappa shape index (κ2) is 5.76. The standard InChI is InChI=1S/C16H15N3O6/c20-13(8-18-11-3-1-2-4-12(11)25-15(18)22)17-6-5-10(7-17)19-14(21)9-24-16(19)23/h1-4,10H,5-9H2/t10-/m0/s1. The predicted molar refractivity (Wildman–Crippen MR) is 83.7 cm³/mol. The van der Waals surface area contributed by atoms with Crippen LogP contribution in [0.2, 0.25) is 0 Å². The number of carbonyl (C=O) groups excluding carboxylic acids is 3. The number of aromatic nitrogens is 1. The molecule has 3 heterocycles. The van der Waals surface area contributed by atoms with Gasteiger partial charge < -0.3 is 14.1 Å². The second-order valence-electron chi connectivity index (χ2n) is 6.02. The molecule has 2 aromatic rings. The molecule has 4 rings (SSSR count). The summed E-state index contributed by atoms with van der Waals surface area (Å²) < 4.78 is 11.1. The van der Waals surface area contributed by atoms with E-state index in [1.807, 2.05) is 0 Å². The summed E-state index contributed by atoms with van der Waals surface area (Å²) in [5.74, 6) is -1.25. The van der Waals surface area contributed by atoms with Crippen LogP contribution in [0.25, 0.3) is 11.1 Å². The molecular weight excluding hydrogens is 330 g/mol. The lowest BCUT2D eigenvalue weighted by Crippen LogP contribution is -2.42. The van der Waals surface area contributed by atoms with Crippen LogP contribution in [0.5, 0.6) is 0 Å². The zero-order valence-electron chi connectivity index (χ0n) is 13.2. The molecule has 3 amide bonds. The van der Waals surface area contributed by atoms with Gasteiger partial charge in [0, 0.05) is 13.1 Å². The van der Waals surface area contributed by atoms with Crippen molar-refractivity contribution in [2.45, 2.75) is 19.0 Å². The summed E-state index contributed by atoms with van der Waals surface area (Å²) in [6, 6.07) is 6.49. The fourth-order valence-corrected chi connectivity index (χ4v) is 3.30. The maximum atomic E-state index is 12.5. The van der Waals surface area contributed by atoms with Crippen LogP contribution in [0.1, 0.15) is 6.42 Å². The summed E-state index contributed by atoms with van der Waals surface area (Å²) in [7, 11) is 0. The zero-order valence-corrected chi connectivity index (χ0v) is 13.2. The Bertz CT molecular complexity index is 913.